The normalized spacial score (nSPS) is 10.0. The zero-order valence-electron chi connectivity index (χ0n) is 6.36. The molecule has 0 saturated carbocycles. The molecule has 0 aliphatic rings. The van der Waals surface area contributed by atoms with Gasteiger partial charge in [0, 0.05) is 5.69 Å². The predicted molar refractivity (Wildman–Crippen MR) is 45.2 cm³/mol. The Kier molecular flexibility index (Phi) is 2.71. The van der Waals surface area contributed by atoms with Gasteiger partial charge >= 0.3 is 0 Å². The number of aryl methyl sites for hydroxylation is 1. The standard InChI is InChI=1S/C8H10ClNO/c1-2-3-8-7(9)4-6(5-11)10-8/h4-5,10H,2-3H2,1H3. The highest BCUT2D eigenvalue weighted by Crippen LogP contribution is 2.17. The van der Waals surface area contributed by atoms with E-state index in [0.717, 1.165) is 24.8 Å². The molecule has 0 amide bonds. The van der Waals surface area contributed by atoms with Crippen molar-refractivity contribution in [2.45, 2.75) is 19.8 Å². The number of carbonyl (C=O) groups is 1. The molecule has 1 N–H and O–H groups in total. The molecule has 1 aromatic heterocycles. The molecule has 0 spiro atoms. The van der Waals surface area contributed by atoms with Crippen molar-refractivity contribution in [2.75, 3.05) is 0 Å². The Bertz CT molecular complexity index is 255. The van der Waals surface area contributed by atoms with E-state index in [1.165, 1.54) is 0 Å². The summed E-state index contributed by atoms with van der Waals surface area (Å²) in [6.07, 6.45) is 2.69. The van der Waals surface area contributed by atoms with Gasteiger partial charge in [0.05, 0.1) is 10.7 Å². The van der Waals surface area contributed by atoms with Crippen molar-refractivity contribution >= 4 is 17.9 Å². The first-order chi connectivity index (χ1) is 5.27. The second-order valence-electron chi connectivity index (χ2n) is 2.42. The summed E-state index contributed by atoms with van der Waals surface area (Å²) in [7, 11) is 0. The maximum atomic E-state index is 10.3. The van der Waals surface area contributed by atoms with Crippen molar-refractivity contribution in [3.8, 4) is 0 Å². The van der Waals surface area contributed by atoms with Crippen molar-refractivity contribution in [2.24, 2.45) is 0 Å². The lowest BCUT2D eigenvalue weighted by Crippen LogP contribution is -1.84. The van der Waals surface area contributed by atoms with Crippen LogP contribution in [-0.2, 0) is 6.42 Å². The number of rotatable bonds is 3. The van der Waals surface area contributed by atoms with Gasteiger partial charge in [0.1, 0.15) is 0 Å². The van der Waals surface area contributed by atoms with Gasteiger partial charge in [0.15, 0.2) is 6.29 Å². The van der Waals surface area contributed by atoms with E-state index in [1.54, 1.807) is 6.07 Å². The maximum Gasteiger partial charge on any atom is 0.166 e. The molecule has 0 saturated heterocycles. The largest absolute Gasteiger partial charge is 0.355 e. The molecule has 1 heterocycles. The Morgan fingerprint density at radius 3 is 2.91 bits per heavy atom. The van der Waals surface area contributed by atoms with Crippen LogP contribution in [0.15, 0.2) is 6.07 Å². The number of aromatic amines is 1. The molecular weight excluding hydrogens is 162 g/mol. The van der Waals surface area contributed by atoms with E-state index in [-0.39, 0.29) is 0 Å². The molecule has 0 aromatic carbocycles. The number of aromatic nitrogens is 1. The molecule has 0 bridgehead atoms. The second-order valence-corrected chi connectivity index (χ2v) is 2.83. The molecular formula is C8H10ClNO. The van der Waals surface area contributed by atoms with Gasteiger partial charge < -0.3 is 4.98 Å². The van der Waals surface area contributed by atoms with Gasteiger partial charge in [-0.1, -0.05) is 24.9 Å². The third kappa shape index (κ3) is 1.84. The number of halogens is 1. The van der Waals surface area contributed by atoms with Gasteiger partial charge in [-0.05, 0) is 12.5 Å². The summed E-state index contributed by atoms with van der Waals surface area (Å²) in [5, 5.41) is 0.661. The Balaban J connectivity index is 2.87. The molecule has 0 fully saturated rings. The first-order valence-corrected chi connectivity index (χ1v) is 3.98. The van der Waals surface area contributed by atoms with Crippen molar-refractivity contribution in [1.82, 2.24) is 4.98 Å². The Hall–Kier alpha value is -0.760. The van der Waals surface area contributed by atoms with Gasteiger partial charge in [0.25, 0.3) is 0 Å². The minimum atomic E-state index is 0.554. The van der Waals surface area contributed by atoms with E-state index in [9.17, 15) is 4.79 Å². The highest BCUT2D eigenvalue weighted by Gasteiger charge is 2.03. The van der Waals surface area contributed by atoms with Crippen LogP contribution in [0.25, 0.3) is 0 Å². The highest BCUT2D eigenvalue weighted by molar-refractivity contribution is 6.31. The summed E-state index contributed by atoms with van der Waals surface area (Å²) < 4.78 is 0. The smallest absolute Gasteiger partial charge is 0.166 e. The predicted octanol–water partition coefficient (Wildman–Crippen LogP) is 2.43. The monoisotopic (exact) mass is 171 g/mol. The molecule has 0 aliphatic heterocycles. The number of aldehydes is 1. The number of hydrogen-bond acceptors (Lipinski definition) is 1. The zero-order valence-corrected chi connectivity index (χ0v) is 7.11. The quantitative estimate of drug-likeness (QED) is 0.697. The summed E-state index contributed by atoms with van der Waals surface area (Å²) in [5.74, 6) is 0. The summed E-state index contributed by atoms with van der Waals surface area (Å²) in [5.41, 5.74) is 1.51. The van der Waals surface area contributed by atoms with Crippen LogP contribution in [0, 0.1) is 0 Å². The number of nitrogens with one attached hydrogen (secondary N) is 1. The SMILES string of the molecule is CCCc1[nH]c(C=O)cc1Cl. The summed E-state index contributed by atoms with van der Waals surface area (Å²) in [6, 6.07) is 1.65. The fourth-order valence-corrected chi connectivity index (χ4v) is 1.25. The molecule has 1 rings (SSSR count). The van der Waals surface area contributed by atoms with Gasteiger partial charge in [-0.3, -0.25) is 4.79 Å². The Labute approximate surface area is 70.6 Å². The number of carbonyl (C=O) groups excluding carboxylic acids is 1. The average molecular weight is 172 g/mol. The molecule has 11 heavy (non-hydrogen) atoms. The van der Waals surface area contributed by atoms with E-state index in [1.807, 2.05) is 0 Å². The molecule has 2 nitrogen and oxygen atoms in total. The molecule has 0 radical (unpaired) electrons. The van der Waals surface area contributed by atoms with Crippen LogP contribution in [0.3, 0.4) is 0 Å². The fraction of sp³-hybridized carbons (Fsp3) is 0.375. The average Bonchev–Trinajstić information content (AvgIpc) is 2.33. The van der Waals surface area contributed by atoms with Gasteiger partial charge in [0.2, 0.25) is 0 Å². The maximum absolute atomic E-state index is 10.3. The third-order valence-corrected chi connectivity index (χ3v) is 1.83. The van der Waals surface area contributed by atoms with Crippen LogP contribution in [-0.4, -0.2) is 11.3 Å². The van der Waals surface area contributed by atoms with Crippen LogP contribution in [0.5, 0.6) is 0 Å². The minimum absolute atomic E-state index is 0.554. The first-order valence-electron chi connectivity index (χ1n) is 3.60. The van der Waals surface area contributed by atoms with Crippen LogP contribution < -0.4 is 0 Å². The van der Waals surface area contributed by atoms with E-state index >= 15 is 0 Å². The molecule has 0 unspecified atom stereocenters. The lowest BCUT2D eigenvalue weighted by atomic mass is 10.3. The van der Waals surface area contributed by atoms with Crippen LogP contribution >= 0.6 is 11.6 Å². The zero-order chi connectivity index (χ0) is 8.27. The van der Waals surface area contributed by atoms with Crippen molar-refractivity contribution < 1.29 is 4.79 Å². The van der Waals surface area contributed by atoms with E-state index in [0.29, 0.717) is 10.7 Å². The molecule has 3 heteroatoms. The molecule has 1 aromatic rings. The first kappa shape index (κ1) is 8.34. The third-order valence-electron chi connectivity index (χ3n) is 1.49. The highest BCUT2D eigenvalue weighted by atomic mass is 35.5. The molecule has 0 aliphatic carbocycles. The van der Waals surface area contributed by atoms with E-state index in [2.05, 4.69) is 11.9 Å². The van der Waals surface area contributed by atoms with Gasteiger partial charge in [-0.15, -0.1) is 0 Å². The number of H-pyrrole nitrogens is 1. The van der Waals surface area contributed by atoms with Crippen LogP contribution in [0.4, 0.5) is 0 Å². The summed E-state index contributed by atoms with van der Waals surface area (Å²) in [6.45, 7) is 2.07. The lowest BCUT2D eigenvalue weighted by molar-refractivity contribution is 0.111. The Morgan fingerprint density at radius 1 is 1.73 bits per heavy atom. The van der Waals surface area contributed by atoms with E-state index in [4.69, 9.17) is 11.6 Å². The Morgan fingerprint density at radius 2 is 2.45 bits per heavy atom. The van der Waals surface area contributed by atoms with Crippen LogP contribution in [0.2, 0.25) is 5.02 Å². The number of hydrogen-bond donors (Lipinski definition) is 1. The minimum Gasteiger partial charge on any atom is -0.355 e. The second kappa shape index (κ2) is 3.58. The van der Waals surface area contributed by atoms with Gasteiger partial charge in [-0.2, -0.15) is 0 Å². The van der Waals surface area contributed by atoms with Crippen molar-refractivity contribution in [3.63, 3.8) is 0 Å². The fourth-order valence-electron chi connectivity index (χ4n) is 0.989. The van der Waals surface area contributed by atoms with Crippen molar-refractivity contribution in [3.05, 3.63) is 22.5 Å². The summed E-state index contributed by atoms with van der Waals surface area (Å²) >= 11 is 5.81. The van der Waals surface area contributed by atoms with Gasteiger partial charge in [-0.25, -0.2) is 0 Å². The van der Waals surface area contributed by atoms with Crippen LogP contribution in [0.1, 0.15) is 29.5 Å². The topological polar surface area (TPSA) is 32.9 Å². The van der Waals surface area contributed by atoms with E-state index < -0.39 is 0 Å². The van der Waals surface area contributed by atoms with Crippen molar-refractivity contribution in [1.29, 1.82) is 0 Å². The lowest BCUT2D eigenvalue weighted by Gasteiger charge is -1.92. The molecule has 0 atom stereocenters. The molecule has 60 valence electrons. The summed E-state index contributed by atoms with van der Waals surface area (Å²) in [4.78, 5) is 13.2.